The fourth-order valence-electron chi connectivity index (χ4n) is 4.57. The molecule has 0 N–H and O–H groups in total. The SMILES string of the molecule is COc1ccc(C(=O)N2CCN(CCCOC(c3ccc(Cl)cc3)c3ccc(Cl)cc3)CC2)cc1C(F)(F)F. The second-order valence-corrected chi connectivity index (χ2v) is 10.1. The number of alkyl halides is 3. The number of amides is 1. The van der Waals surface area contributed by atoms with Crippen LogP contribution in [0, 0.1) is 0 Å². The number of hydrogen-bond acceptors (Lipinski definition) is 4. The Bertz CT molecular complexity index is 1200. The normalized spacial score (nSPS) is 14.6. The van der Waals surface area contributed by atoms with Crippen molar-refractivity contribution in [3.8, 4) is 5.75 Å². The van der Waals surface area contributed by atoms with Crippen LogP contribution >= 0.6 is 23.2 Å². The van der Waals surface area contributed by atoms with E-state index >= 15 is 0 Å². The summed E-state index contributed by atoms with van der Waals surface area (Å²) >= 11 is 12.1. The number of hydrogen-bond donors (Lipinski definition) is 0. The van der Waals surface area contributed by atoms with Crippen LogP contribution in [0.1, 0.15) is 39.6 Å². The van der Waals surface area contributed by atoms with E-state index in [4.69, 9.17) is 32.7 Å². The first-order chi connectivity index (χ1) is 18.7. The minimum absolute atomic E-state index is 0.000385. The van der Waals surface area contributed by atoms with Gasteiger partial charge >= 0.3 is 6.18 Å². The summed E-state index contributed by atoms with van der Waals surface area (Å²) in [4.78, 5) is 16.7. The summed E-state index contributed by atoms with van der Waals surface area (Å²) in [6.07, 6.45) is -4.10. The molecule has 3 aromatic carbocycles. The zero-order chi connectivity index (χ0) is 28.0. The second-order valence-electron chi connectivity index (χ2n) is 9.25. The quantitative estimate of drug-likeness (QED) is 0.256. The molecule has 10 heteroatoms. The number of ether oxygens (including phenoxy) is 2. The number of carbonyl (C=O) groups excluding carboxylic acids is 1. The molecule has 208 valence electrons. The van der Waals surface area contributed by atoms with Gasteiger partial charge in [-0.05, 0) is 60.0 Å². The summed E-state index contributed by atoms with van der Waals surface area (Å²) < 4.78 is 51.2. The lowest BCUT2D eigenvalue weighted by molar-refractivity contribution is -0.138. The minimum Gasteiger partial charge on any atom is -0.496 e. The van der Waals surface area contributed by atoms with Crippen molar-refractivity contribution in [2.75, 3.05) is 46.4 Å². The van der Waals surface area contributed by atoms with Crippen molar-refractivity contribution in [1.29, 1.82) is 0 Å². The number of nitrogens with zero attached hydrogens (tertiary/aromatic N) is 2. The summed E-state index contributed by atoms with van der Waals surface area (Å²) in [5.41, 5.74) is 1.02. The number of piperazine rings is 1. The Kier molecular flexibility index (Phi) is 9.77. The average molecular weight is 581 g/mol. The van der Waals surface area contributed by atoms with Crippen LogP contribution in [0.15, 0.2) is 66.7 Å². The predicted molar refractivity (Wildman–Crippen MR) is 146 cm³/mol. The molecule has 1 saturated heterocycles. The molecule has 0 radical (unpaired) electrons. The Morgan fingerprint density at radius 2 is 1.46 bits per heavy atom. The maximum absolute atomic E-state index is 13.4. The van der Waals surface area contributed by atoms with Crippen LogP contribution in [-0.4, -0.2) is 62.1 Å². The molecule has 39 heavy (non-hydrogen) atoms. The van der Waals surface area contributed by atoms with E-state index in [-0.39, 0.29) is 17.4 Å². The van der Waals surface area contributed by atoms with E-state index in [0.29, 0.717) is 42.8 Å². The first kappa shape index (κ1) is 29.2. The number of methoxy groups -OCH3 is 1. The van der Waals surface area contributed by atoms with Crippen LogP contribution in [0.4, 0.5) is 13.2 Å². The molecule has 0 saturated carbocycles. The maximum Gasteiger partial charge on any atom is 0.419 e. The van der Waals surface area contributed by atoms with E-state index in [0.717, 1.165) is 30.2 Å². The van der Waals surface area contributed by atoms with Crippen molar-refractivity contribution in [2.45, 2.75) is 18.7 Å². The average Bonchev–Trinajstić information content (AvgIpc) is 2.93. The minimum atomic E-state index is -4.61. The van der Waals surface area contributed by atoms with Gasteiger partial charge in [0.25, 0.3) is 5.91 Å². The van der Waals surface area contributed by atoms with Crippen LogP contribution in [0.25, 0.3) is 0 Å². The molecule has 0 aromatic heterocycles. The van der Waals surface area contributed by atoms with Gasteiger partial charge in [-0.25, -0.2) is 0 Å². The highest BCUT2D eigenvalue weighted by atomic mass is 35.5. The van der Waals surface area contributed by atoms with Gasteiger partial charge in [-0.15, -0.1) is 0 Å². The third-order valence-electron chi connectivity index (χ3n) is 6.66. The standard InChI is InChI=1S/C29H29Cl2F3N2O3/c1-38-26-12-7-22(19-25(26)29(32,33)34)28(37)36-16-14-35(15-17-36)13-2-18-39-27(20-3-8-23(30)9-4-20)21-5-10-24(31)11-6-21/h3-12,19,27H,2,13-18H2,1H3. The number of benzene rings is 3. The Morgan fingerprint density at radius 1 is 0.897 bits per heavy atom. The van der Waals surface area contributed by atoms with Crippen molar-refractivity contribution in [3.05, 3.63) is 99.0 Å². The highest BCUT2D eigenvalue weighted by Crippen LogP contribution is 2.37. The van der Waals surface area contributed by atoms with Crippen molar-refractivity contribution < 1.29 is 27.4 Å². The third kappa shape index (κ3) is 7.66. The molecule has 1 aliphatic heterocycles. The summed E-state index contributed by atoms with van der Waals surface area (Å²) in [7, 11) is 1.17. The summed E-state index contributed by atoms with van der Waals surface area (Å²) in [6.45, 7) is 3.42. The molecule has 0 atom stereocenters. The fourth-order valence-corrected chi connectivity index (χ4v) is 4.82. The van der Waals surface area contributed by atoms with Crippen LogP contribution in [0.3, 0.4) is 0 Å². The molecule has 0 spiro atoms. The van der Waals surface area contributed by atoms with E-state index in [1.54, 1.807) is 4.90 Å². The highest BCUT2D eigenvalue weighted by molar-refractivity contribution is 6.30. The molecule has 0 unspecified atom stereocenters. The molecule has 1 heterocycles. The van der Waals surface area contributed by atoms with Crippen LogP contribution in [-0.2, 0) is 10.9 Å². The molecule has 1 fully saturated rings. The summed E-state index contributed by atoms with van der Waals surface area (Å²) in [5, 5.41) is 1.30. The second kappa shape index (κ2) is 13.0. The van der Waals surface area contributed by atoms with Gasteiger partial charge in [0, 0.05) is 54.9 Å². The Morgan fingerprint density at radius 3 is 1.97 bits per heavy atom. The lowest BCUT2D eigenvalue weighted by Gasteiger charge is -2.35. The van der Waals surface area contributed by atoms with Crippen LogP contribution in [0.5, 0.6) is 5.75 Å². The molecule has 5 nitrogen and oxygen atoms in total. The van der Waals surface area contributed by atoms with Crippen molar-refractivity contribution in [1.82, 2.24) is 9.80 Å². The van der Waals surface area contributed by atoms with E-state index in [2.05, 4.69) is 4.90 Å². The lowest BCUT2D eigenvalue weighted by Crippen LogP contribution is -2.49. The predicted octanol–water partition coefficient (Wildman–Crippen LogP) is 6.97. The number of rotatable bonds is 9. The maximum atomic E-state index is 13.4. The van der Waals surface area contributed by atoms with Crippen molar-refractivity contribution in [3.63, 3.8) is 0 Å². The van der Waals surface area contributed by atoms with Gasteiger partial charge in [-0.3, -0.25) is 9.69 Å². The Balaban J connectivity index is 1.29. The summed E-state index contributed by atoms with van der Waals surface area (Å²) in [6, 6.07) is 18.5. The van der Waals surface area contributed by atoms with Gasteiger partial charge in [-0.2, -0.15) is 13.2 Å². The van der Waals surface area contributed by atoms with Gasteiger partial charge in [-0.1, -0.05) is 47.5 Å². The molecular formula is C29H29Cl2F3N2O3. The van der Waals surface area contributed by atoms with E-state index in [1.807, 2.05) is 48.5 Å². The molecular weight excluding hydrogens is 552 g/mol. The monoisotopic (exact) mass is 580 g/mol. The molecule has 0 aliphatic carbocycles. The first-order valence-electron chi connectivity index (χ1n) is 12.5. The molecule has 1 aliphatic rings. The topological polar surface area (TPSA) is 42.0 Å². The zero-order valence-electron chi connectivity index (χ0n) is 21.4. The lowest BCUT2D eigenvalue weighted by atomic mass is 10.0. The number of carbonyl (C=O) groups is 1. The molecule has 4 rings (SSSR count). The fraction of sp³-hybridized carbons (Fsp3) is 0.345. The molecule has 3 aromatic rings. The Hall–Kier alpha value is -2.78. The molecule has 0 bridgehead atoms. The smallest absolute Gasteiger partial charge is 0.419 e. The Labute approximate surface area is 236 Å². The van der Waals surface area contributed by atoms with Crippen molar-refractivity contribution in [2.24, 2.45) is 0 Å². The zero-order valence-corrected chi connectivity index (χ0v) is 22.9. The number of halogens is 5. The van der Waals surface area contributed by atoms with Crippen LogP contribution < -0.4 is 4.74 Å². The van der Waals surface area contributed by atoms with Gasteiger partial charge in [0.05, 0.1) is 12.7 Å². The first-order valence-corrected chi connectivity index (χ1v) is 13.3. The van der Waals surface area contributed by atoms with E-state index in [1.165, 1.54) is 19.2 Å². The van der Waals surface area contributed by atoms with Crippen molar-refractivity contribution >= 4 is 29.1 Å². The van der Waals surface area contributed by atoms with Gasteiger partial charge < -0.3 is 14.4 Å². The van der Waals surface area contributed by atoms with Gasteiger partial charge in [0.1, 0.15) is 11.9 Å². The third-order valence-corrected chi connectivity index (χ3v) is 7.16. The summed E-state index contributed by atoms with van der Waals surface area (Å²) in [5.74, 6) is -0.722. The van der Waals surface area contributed by atoms with E-state index in [9.17, 15) is 18.0 Å². The van der Waals surface area contributed by atoms with Gasteiger partial charge in [0.15, 0.2) is 0 Å². The molecule has 1 amide bonds. The van der Waals surface area contributed by atoms with Gasteiger partial charge in [0.2, 0.25) is 0 Å². The largest absolute Gasteiger partial charge is 0.496 e. The van der Waals surface area contributed by atoms with Crippen LogP contribution in [0.2, 0.25) is 10.0 Å². The highest BCUT2D eigenvalue weighted by Gasteiger charge is 2.35. The van der Waals surface area contributed by atoms with E-state index < -0.39 is 17.6 Å².